The fraction of sp³-hybridized carbons (Fsp3) is 0.458. The van der Waals surface area contributed by atoms with Crippen LogP contribution >= 0.6 is 0 Å². The SMILES string of the molecule is CC1CCC(C(=O)Nc2ccnc(C(N)=O)c2)O1.OCC1(COc2cccc(F)c2F)CCC1. The molecule has 2 atom stereocenters. The van der Waals surface area contributed by atoms with Gasteiger partial charge in [-0.25, -0.2) is 4.39 Å². The van der Waals surface area contributed by atoms with Gasteiger partial charge < -0.3 is 25.6 Å². The van der Waals surface area contributed by atoms with Gasteiger partial charge in [-0.05, 0) is 56.9 Å². The zero-order valence-corrected chi connectivity index (χ0v) is 18.9. The molecule has 4 N–H and O–H groups in total. The lowest BCUT2D eigenvalue weighted by molar-refractivity contribution is -0.126. The van der Waals surface area contributed by atoms with Crippen molar-refractivity contribution in [1.29, 1.82) is 0 Å². The molecule has 1 saturated heterocycles. The fourth-order valence-electron chi connectivity index (χ4n) is 3.71. The number of ether oxygens (including phenoxy) is 2. The van der Waals surface area contributed by atoms with Crippen LogP contribution in [0.1, 0.15) is 49.5 Å². The normalized spacial score (nSPS) is 20.5. The second-order valence-corrected chi connectivity index (χ2v) is 8.65. The summed E-state index contributed by atoms with van der Waals surface area (Å²) in [6.07, 6.45) is 5.50. The first-order chi connectivity index (χ1) is 16.2. The van der Waals surface area contributed by atoms with Gasteiger partial charge in [0.2, 0.25) is 5.82 Å². The number of benzene rings is 1. The van der Waals surface area contributed by atoms with Crippen molar-refractivity contribution in [2.45, 2.75) is 51.2 Å². The van der Waals surface area contributed by atoms with Crippen molar-refractivity contribution < 1.29 is 33.0 Å². The summed E-state index contributed by atoms with van der Waals surface area (Å²) in [6, 6.07) is 6.89. The Kier molecular flexibility index (Phi) is 8.51. The predicted octanol–water partition coefficient (Wildman–Crippen LogP) is 3.19. The number of nitrogens with zero attached hydrogens (tertiary/aromatic N) is 1. The second-order valence-electron chi connectivity index (χ2n) is 8.65. The first-order valence-corrected chi connectivity index (χ1v) is 11.1. The third-order valence-electron chi connectivity index (χ3n) is 6.00. The lowest BCUT2D eigenvalue weighted by Crippen LogP contribution is -2.39. The molecule has 184 valence electrons. The van der Waals surface area contributed by atoms with Crippen LogP contribution < -0.4 is 15.8 Å². The molecule has 2 fully saturated rings. The summed E-state index contributed by atoms with van der Waals surface area (Å²) < 4.78 is 36.8. The highest BCUT2D eigenvalue weighted by Gasteiger charge is 2.37. The minimum atomic E-state index is -0.963. The van der Waals surface area contributed by atoms with Crippen LogP contribution in [0.4, 0.5) is 14.5 Å². The lowest BCUT2D eigenvalue weighted by atomic mass is 9.70. The molecular formula is C24H29F2N3O5. The van der Waals surface area contributed by atoms with Gasteiger partial charge in [0, 0.05) is 17.3 Å². The van der Waals surface area contributed by atoms with E-state index in [0.717, 1.165) is 31.7 Å². The van der Waals surface area contributed by atoms with Crippen molar-refractivity contribution in [2.24, 2.45) is 11.1 Å². The average molecular weight is 478 g/mol. The van der Waals surface area contributed by atoms with E-state index >= 15 is 0 Å². The van der Waals surface area contributed by atoms with Crippen LogP contribution in [0, 0.1) is 17.0 Å². The number of amides is 2. The molecule has 34 heavy (non-hydrogen) atoms. The van der Waals surface area contributed by atoms with Gasteiger partial charge in [0.25, 0.3) is 11.8 Å². The van der Waals surface area contributed by atoms with Gasteiger partial charge in [-0.15, -0.1) is 0 Å². The van der Waals surface area contributed by atoms with E-state index in [-0.39, 0.29) is 42.1 Å². The van der Waals surface area contributed by atoms with E-state index in [1.165, 1.54) is 24.4 Å². The Morgan fingerprint density at radius 2 is 2.06 bits per heavy atom. The molecule has 4 rings (SSSR count). The van der Waals surface area contributed by atoms with E-state index in [0.29, 0.717) is 12.1 Å². The van der Waals surface area contributed by atoms with Crippen LogP contribution in [-0.2, 0) is 9.53 Å². The number of aliphatic hydroxyl groups is 1. The Balaban J connectivity index is 0.000000192. The Morgan fingerprint density at radius 3 is 2.65 bits per heavy atom. The number of aromatic nitrogens is 1. The van der Waals surface area contributed by atoms with Crippen molar-refractivity contribution in [2.75, 3.05) is 18.5 Å². The van der Waals surface area contributed by atoms with Crippen LogP contribution in [0.15, 0.2) is 36.5 Å². The van der Waals surface area contributed by atoms with Gasteiger partial charge in [0.15, 0.2) is 11.6 Å². The molecule has 2 unspecified atom stereocenters. The number of aliphatic hydroxyl groups excluding tert-OH is 1. The Hall–Kier alpha value is -3.11. The highest BCUT2D eigenvalue weighted by molar-refractivity contribution is 5.96. The molecule has 0 radical (unpaired) electrons. The summed E-state index contributed by atoms with van der Waals surface area (Å²) in [5.41, 5.74) is 5.48. The van der Waals surface area contributed by atoms with Crippen molar-refractivity contribution in [3.05, 3.63) is 53.9 Å². The summed E-state index contributed by atoms with van der Waals surface area (Å²) in [6.45, 7) is 2.21. The molecular weight excluding hydrogens is 448 g/mol. The van der Waals surface area contributed by atoms with Crippen molar-refractivity contribution in [3.8, 4) is 5.75 Å². The van der Waals surface area contributed by atoms with Crippen molar-refractivity contribution >= 4 is 17.5 Å². The molecule has 2 aliphatic rings. The molecule has 1 aromatic carbocycles. The number of carbonyl (C=O) groups is 2. The molecule has 1 aliphatic heterocycles. The Labute approximate surface area is 196 Å². The number of nitrogens with two attached hydrogens (primary N) is 1. The molecule has 2 amide bonds. The third-order valence-corrected chi connectivity index (χ3v) is 6.00. The highest BCUT2D eigenvalue weighted by atomic mass is 19.2. The van der Waals surface area contributed by atoms with Gasteiger partial charge in [-0.3, -0.25) is 14.6 Å². The van der Waals surface area contributed by atoms with Gasteiger partial charge in [-0.1, -0.05) is 12.5 Å². The Bertz CT molecular complexity index is 1010. The summed E-state index contributed by atoms with van der Waals surface area (Å²) in [7, 11) is 0. The standard InChI is InChI=1S/C12H14F2O2.C12H15N3O3/c13-9-3-1-4-10(11(9)14)16-8-12(7-15)5-2-6-12;1-7-2-3-10(18-7)12(17)15-8-4-5-14-9(6-8)11(13)16/h1,3-4,15H,2,5-8H2;4-7,10H,2-3H2,1H3,(H2,13,16)(H,14,15,17). The molecule has 1 saturated carbocycles. The van der Waals surface area contributed by atoms with Crippen LogP contribution in [0.3, 0.4) is 0 Å². The molecule has 2 heterocycles. The highest BCUT2D eigenvalue weighted by Crippen LogP contribution is 2.40. The number of carbonyl (C=O) groups excluding carboxylic acids is 2. The van der Waals surface area contributed by atoms with E-state index in [4.69, 9.17) is 15.2 Å². The molecule has 8 nitrogen and oxygen atoms in total. The maximum atomic E-state index is 13.2. The van der Waals surface area contributed by atoms with E-state index < -0.39 is 23.6 Å². The third kappa shape index (κ3) is 6.48. The first kappa shape index (κ1) is 25.5. The largest absolute Gasteiger partial charge is 0.490 e. The summed E-state index contributed by atoms with van der Waals surface area (Å²) in [5.74, 6) is -2.79. The van der Waals surface area contributed by atoms with Gasteiger partial charge in [0.1, 0.15) is 11.8 Å². The number of rotatable bonds is 7. The van der Waals surface area contributed by atoms with Crippen LogP contribution in [-0.4, -0.2) is 47.3 Å². The number of primary amides is 1. The number of nitrogens with one attached hydrogen (secondary N) is 1. The zero-order chi connectivity index (χ0) is 24.7. The van der Waals surface area contributed by atoms with Crippen LogP contribution in [0.2, 0.25) is 0 Å². The zero-order valence-electron chi connectivity index (χ0n) is 18.9. The molecule has 10 heteroatoms. The maximum absolute atomic E-state index is 13.2. The minimum Gasteiger partial charge on any atom is -0.490 e. The molecule has 2 aromatic rings. The van der Waals surface area contributed by atoms with Gasteiger partial charge in [0.05, 0.1) is 19.3 Å². The smallest absolute Gasteiger partial charge is 0.267 e. The molecule has 1 aromatic heterocycles. The Morgan fingerprint density at radius 1 is 1.29 bits per heavy atom. The molecule has 0 bridgehead atoms. The van der Waals surface area contributed by atoms with Crippen LogP contribution in [0.25, 0.3) is 0 Å². The quantitative estimate of drug-likeness (QED) is 0.563. The van der Waals surface area contributed by atoms with Crippen molar-refractivity contribution in [3.63, 3.8) is 0 Å². The summed E-state index contributed by atoms with van der Waals surface area (Å²) >= 11 is 0. The number of halogens is 2. The summed E-state index contributed by atoms with van der Waals surface area (Å²) in [4.78, 5) is 26.6. The topological polar surface area (TPSA) is 124 Å². The number of pyridine rings is 1. The number of anilines is 1. The number of hydrogen-bond donors (Lipinski definition) is 3. The molecule has 1 aliphatic carbocycles. The predicted molar refractivity (Wildman–Crippen MR) is 120 cm³/mol. The lowest BCUT2D eigenvalue weighted by Gasteiger charge is -2.39. The van der Waals surface area contributed by atoms with Gasteiger partial charge >= 0.3 is 0 Å². The fourth-order valence-corrected chi connectivity index (χ4v) is 3.71. The second kappa shape index (κ2) is 11.3. The number of hydrogen-bond acceptors (Lipinski definition) is 6. The van der Waals surface area contributed by atoms with E-state index in [1.54, 1.807) is 6.07 Å². The monoisotopic (exact) mass is 477 g/mol. The van der Waals surface area contributed by atoms with E-state index in [9.17, 15) is 23.5 Å². The maximum Gasteiger partial charge on any atom is 0.267 e. The summed E-state index contributed by atoms with van der Waals surface area (Å²) in [5, 5.41) is 11.9. The first-order valence-electron chi connectivity index (χ1n) is 11.1. The average Bonchev–Trinajstić information content (AvgIpc) is 3.23. The van der Waals surface area contributed by atoms with E-state index in [1.807, 2.05) is 6.92 Å². The minimum absolute atomic E-state index is 0.0317. The molecule has 0 spiro atoms. The van der Waals surface area contributed by atoms with Crippen molar-refractivity contribution in [1.82, 2.24) is 4.98 Å². The van der Waals surface area contributed by atoms with E-state index in [2.05, 4.69) is 10.3 Å². The van der Waals surface area contributed by atoms with Gasteiger partial charge in [-0.2, -0.15) is 4.39 Å². The van der Waals surface area contributed by atoms with Crippen LogP contribution in [0.5, 0.6) is 5.75 Å².